The molecule has 0 radical (unpaired) electrons. The van der Waals surface area contributed by atoms with E-state index < -0.39 is 17.3 Å². The van der Waals surface area contributed by atoms with Crippen molar-refractivity contribution in [1.29, 1.82) is 0 Å². The molecule has 0 bridgehead atoms. The average molecular weight is 329 g/mol. The van der Waals surface area contributed by atoms with E-state index in [0.29, 0.717) is 0 Å². The van der Waals surface area contributed by atoms with E-state index in [2.05, 4.69) is 31.5 Å². The Labute approximate surface area is 116 Å². The van der Waals surface area contributed by atoms with E-state index in [1.807, 2.05) is 0 Å². The number of halogens is 2. The van der Waals surface area contributed by atoms with Gasteiger partial charge in [-0.25, -0.2) is 13.9 Å². The molecule has 0 amide bonds. The predicted molar refractivity (Wildman–Crippen MR) is 67.9 cm³/mol. The molecule has 0 unspecified atom stereocenters. The number of carboxylic acids is 1. The van der Waals surface area contributed by atoms with Gasteiger partial charge in [0, 0.05) is 0 Å². The normalized spacial score (nSPS) is 11.6. The van der Waals surface area contributed by atoms with Crippen molar-refractivity contribution < 1.29 is 14.3 Å². The second-order valence-electron chi connectivity index (χ2n) is 4.38. The molecule has 0 saturated carbocycles. The van der Waals surface area contributed by atoms with Crippen LogP contribution in [0.5, 0.6) is 0 Å². The van der Waals surface area contributed by atoms with Crippen molar-refractivity contribution in [2.45, 2.75) is 19.4 Å². The molecule has 1 heterocycles. The maximum Gasteiger partial charge on any atom is 0.331 e. The summed E-state index contributed by atoms with van der Waals surface area (Å²) >= 11 is 3.07. The van der Waals surface area contributed by atoms with E-state index in [9.17, 15) is 14.3 Å². The first-order chi connectivity index (χ1) is 8.85. The quantitative estimate of drug-likeness (QED) is 0.932. The molecule has 100 valence electrons. The van der Waals surface area contributed by atoms with E-state index in [1.165, 1.54) is 26.0 Å². The minimum atomic E-state index is -1.38. The van der Waals surface area contributed by atoms with Gasteiger partial charge in [0.15, 0.2) is 11.4 Å². The summed E-state index contributed by atoms with van der Waals surface area (Å²) in [6.07, 6.45) is 0. The number of carbonyl (C=O) groups is 1. The molecule has 2 aromatic rings. The number of hydrogen-bond donors (Lipinski definition) is 1. The molecule has 0 atom stereocenters. The van der Waals surface area contributed by atoms with Gasteiger partial charge in [0.1, 0.15) is 5.82 Å². The SMILES string of the molecule is CC(C)(C(=O)O)n1nnnc1-c1cccc(Br)c1F. The highest BCUT2D eigenvalue weighted by molar-refractivity contribution is 9.10. The summed E-state index contributed by atoms with van der Waals surface area (Å²) in [6, 6.07) is 4.64. The van der Waals surface area contributed by atoms with Crippen molar-refractivity contribution in [2.24, 2.45) is 0 Å². The van der Waals surface area contributed by atoms with Gasteiger partial charge < -0.3 is 5.11 Å². The van der Waals surface area contributed by atoms with Crippen LogP contribution in [-0.2, 0) is 10.3 Å². The summed E-state index contributed by atoms with van der Waals surface area (Å²) in [4.78, 5) is 11.2. The monoisotopic (exact) mass is 328 g/mol. The fraction of sp³-hybridized carbons (Fsp3) is 0.273. The molecule has 0 aliphatic rings. The number of nitrogens with zero attached hydrogens (tertiary/aromatic N) is 4. The first kappa shape index (κ1) is 13.6. The van der Waals surface area contributed by atoms with Gasteiger partial charge in [-0.3, -0.25) is 0 Å². The molecular formula is C11H10BrFN4O2. The second kappa shape index (κ2) is 4.69. The van der Waals surface area contributed by atoms with Crippen LogP contribution in [0.25, 0.3) is 11.4 Å². The maximum absolute atomic E-state index is 14.0. The highest BCUT2D eigenvalue weighted by Crippen LogP contribution is 2.28. The summed E-state index contributed by atoms with van der Waals surface area (Å²) in [5, 5.41) is 20.0. The summed E-state index contributed by atoms with van der Waals surface area (Å²) < 4.78 is 15.4. The van der Waals surface area contributed by atoms with Gasteiger partial charge in [0.05, 0.1) is 10.0 Å². The molecule has 1 aromatic carbocycles. The van der Waals surface area contributed by atoms with Crippen LogP contribution in [0.2, 0.25) is 0 Å². The lowest BCUT2D eigenvalue weighted by Gasteiger charge is -2.20. The average Bonchev–Trinajstić information content (AvgIpc) is 2.82. The van der Waals surface area contributed by atoms with Crippen LogP contribution in [0.1, 0.15) is 13.8 Å². The zero-order valence-electron chi connectivity index (χ0n) is 10.1. The lowest BCUT2D eigenvalue weighted by atomic mass is 10.1. The van der Waals surface area contributed by atoms with Crippen LogP contribution in [0.15, 0.2) is 22.7 Å². The fourth-order valence-corrected chi connectivity index (χ4v) is 1.86. The number of aromatic nitrogens is 4. The van der Waals surface area contributed by atoms with Crippen molar-refractivity contribution in [3.8, 4) is 11.4 Å². The third kappa shape index (κ3) is 2.23. The molecule has 8 heteroatoms. The minimum absolute atomic E-state index is 0.0613. The van der Waals surface area contributed by atoms with Crippen molar-refractivity contribution in [2.75, 3.05) is 0 Å². The first-order valence-corrected chi connectivity index (χ1v) is 6.11. The summed E-state index contributed by atoms with van der Waals surface area (Å²) in [5.41, 5.74) is -1.25. The Morgan fingerprint density at radius 3 is 2.79 bits per heavy atom. The number of rotatable bonds is 3. The predicted octanol–water partition coefficient (Wildman–Crippen LogP) is 2.06. The molecule has 0 fully saturated rings. The lowest BCUT2D eigenvalue weighted by molar-refractivity contribution is -0.146. The third-order valence-corrected chi connectivity index (χ3v) is 3.33. The van der Waals surface area contributed by atoms with Gasteiger partial charge in [0.25, 0.3) is 0 Å². The van der Waals surface area contributed by atoms with Crippen LogP contribution < -0.4 is 0 Å². The van der Waals surface area contributed by atoms with E-state index in [-0.39, 0.29) is 15.9 Å². The number of tetrazole rings is 1. The highest BCUT2D eigenvalue weighted by Gasteiger charge is 2.34. The van der Waals surface area contributed by atoms with Gasteiger partial charge in [-0.05, 0) is 52.3 Å². The Morgan fingerprint density at radius 1 is 1.47 bits per heavy atom. The van der Waals surface area contributed by atoms with Crippen molar-refractivity contribution in [3.63, 3.8) is 0 Å². The van der Waals surface area contributed by atoms with E-state index in [0.717, 1.165) is 4.68 Å². The zero-order valence-corrected chi connectivity index (χ0v) is 11.7. The smallest absolute Gasteiger partial charge is 0.331 e. The Morgan fingerprint density at radius 2 is 2.16 bits per heavy atom. The molecule has 0 saturated heterocycles. The van der Waals surface area contributed by atoms with E-state index in [1.54, 1.807) is 6.07 Å². The summed E-state index contributed by atoms with van der Waals surface area (Å²) in [6.45, 7) is 2.87. The van der Waals surface area contributed by atoms with Crippen LogP contribution in [0.3, 0.4) is 0 Å². The molecule has 2 rings (SSSR count). The van der Waals surface area contributed by atoms with Crippen molar-refractivity contribution in [3.05, 3.63) is 28.5 Å². The standard InChI is InChI=1S/C11H10BrFN4O2/c1-11(2,10(18)19)17-9(14-15-16-17)6-4-3-5-7(12)8(6)13/h3-5H,1-2H3,(H,18,19). The van der Waals surface area contributed by atoms with E-state index in [4.69, 9.17) is 0 Å². The van der Waals surface area contributed by atoms with Gasteiger partial charge >= 0.3 is 5.97 Å². The van der Waals surface area contributed by atoms with E-state index >= 15 is 0 Å². The molecule has 1 aromatic heterocycles. The zero-order chi connectivity index (χ0) is 14.2. The summed E-state index contributed by atoms with van der Waals surface area (Å²) in [7, 11) is 0. The van der Waals surface area contributed by atoms with Gasteiger partial charge in [0.2, 0.25) is 0 Å². The number of hydrogen-bond acceptors (Lipinski definition) is 4. The Kier molecular flexibility index (Phi) is 3.36. The molecule has 0 aliphatic heterocycles. The molecule has 0 spiro atoms. The maximum atomic E-state index is 14.0. The number of aliphatic carboxylic acids is 1. The van der Waals surface area contributed by atoms with Crippen LogP contribution in [-0.4, -0.2) is 31.3 Å². The highest BCUT2D eigenvalue weighted by atomic mass is 79.9. The first-order valence-electron chi connectivity index (χ1n) is 5.32. The lowest BCUT2D eigenvalue weighted by Crippen LogP contribution is -2.37. The molecule has 0 aliphatic carbocycles. The number of carboxylic acid groups (broad SMARTS) is 1. The molecule has 19 heavy (non-hydrogen) atoms. The minimum Gasteiger partial charge on any atom is -0.479 e. The Hall–Kier alpha value is -1.83. The van der Waals surface area contributed by atoms with Gasteiger partial charge in [-0.1, -0.05) is 6.07 Å². The third-order valence-electron chi connectivity index (χ3n) is 2.71. The molecule has 1 N–H and O–H groups in total. The topological polar surface area (TPSA) is 80.9 Å². The molecule has 6 nitrogen and oxygen atoms in total. The van der Waals surface area contributed by atoms with Gasteiger partial charge in [-0.15, -0.1) is 5.10 Å². The second-order valence-corrected chi connectivity index (χ2v) is 5.23. The largest absolute Gasteiger partial charge is 0.479 e. The van der Waals surface area contributed by atoms with Crippen molar-refractivity contribution in [1.82, 2.24) is 20.2 Å². The van der Waals surface area contributed by atoms with Crippen LogP contribution in [0.4, 0.5) is 4.39 Å². The fourth-order valence-electron chi connectivity index (χ4n) is 1.50. The Balaban J connectivity index is 2.63. The van der Waals surface area contributed by atoms with Gasteiger partial charge in [-0.2, -0.15) is 0 Å². The number of benzene rings is 1. The molecular weight excluding hydrogens is 319 g/mol. The Bertz CT molecular complexity index is 641. The van der Waals surface area contributed by atoms with Crippen LogP contribution >= 0.6 is 15.9 Å². The van der Waals surface area contributed by atoms with Crippen LogP contribution in [0, 0.1) is 5.82 Å². The summed E-state index contributed by atoms with van der Waals surface area (Å²) in [5.74, 6) is -1.60. The van der Waals surface area contributed by atoms with Crippen molar-refractivity contribution >= 4 is 21.9 Å².